The molecule has 0 spiro atoms. The maximum atomic E-state index is 6.29. The van der Waals surface area contributed by atoms with Crippen molar-refractivity contribution >= 4 is 0 Å². The van der Waals surface area contributed by atoms with Crippen LogP contribution in [-0.4, -0.2) is 23.9 Å². The van der Waals surface area contributed by atoms with E-state index in [1.165, 1.54) is 5.56 Å². The highest BCUT2D eigenvalue weighted by atomic mass is 16.5. The lowest BCUT2D eigenvalue weighted by Crippen LogP contribution is -2.21. The van der Waals surface area contributed by atoms with Gasteiger partial charge in [-0.05, 0) is 36.5 Å². The summed E-state index contributed by atoms with van der Waals surface area (Å²) in [5, 5.41) is 8.12. The molecular formula is C16H19N3O2. The summed E-state index contributed by atoms with van der Waals surface area (Å²) in [4.78, 5) is 0. The average molecular weight is 285 g/mol. The molecule has 1 aliphatic heterocycles. The number of ether oxygens (including phenoxy) is 2. The standard InChI is InChI=1S/C16H19N3O2/c1-20-16-7-6-14(18-19-16)13(17)10-11-8-9-21-15-5-3-2-4-12(11)15/h2-7,11,13H,8-10,17H2,1H3. The number of hydrogen-bond acceptors (Lipinski definition) is 5. The van der Waals surface area contributed by atoms with Gasteiger partial charge in [-0.1, -0.05) is 18.2 Å². The van der Waals surface area contributed by atoms with Crippen molar-refractivity contribution in [2.24, 2.45) is 5.73 Å². The van der Waals surface area contributed by atoms with Crippen LogP contribution in [0.4, 0.5) is 0 Å². The number of nitrogens with two attached hydrogens (primary N) is 1. The molecule has 2 unspecified atom stereocenters. The molecule has 1 aromatic carbocycles. The number of hydrogen-bond donors (Lipinski definition) is 1. The van der Waals surface area contributed by atoms with Crippen molar-refractivity contribution in [3.63, 3.8) is 0 Å². The van der Waals surface area contributed by atoms with Gasteiger partial charge in [0.15, 0.2) is 0 Å². The molecule has 5 heteroatoms. The van der Waals surface area contributed by atoms with Crippen molar-refractivity contribution in [2.75, 3.05) is 13.7 Å². The molecule has 0 amide bonds. The minimum Gasteiger partial charge on any atom is -0.493 e. The van der Waals surface area contributed by atoms with Gasteiger partial charge in [0.2, 0.25) is 5.88 Å². The van der Waals surface area contributed by atoms with Crippen LogP contribution < -0.4 is 15.2 Å². The summed E-state index contributed by atoms with van der Waals surface area (Å²) in [5.41, 5.74) is 8.32. The van der Waals surface area contributed by atoms with Gasteiger partial charge in [-0.15, -0.1) is 5.10 Å². The molecule has 1 aromatic heterocycles. The van der Waals surface area contributed by atoms with E-state index in [9.17, 15) is 0 Å². The average Bonchev–Trinajstić information content (AvgIpc) is 2.55. The summed E-state index contributed by atoms with van der Waals surface area (Å²) < 4.78 is 10.7. The third kappa shape index (κ3) is 2.97. The van der Waals surface area contributed by atoms with Gasteiger partial charge < -0.3 is 15.2 Å². The van der Waals surface area contributed by atoms with Crippen LogP contribution in [0, 0.1) is 0 Å². The highest BCUT2D eigenvalue weighted by Crippen LogP contribution is 2.37. The first-order valence-corrected chi connectivity index (χ1v) is 7.13. The highest BCUT2D eigenvalue weighted by molar-refractivity contribution is 5.38. The Morgan fingerprint density at radius 1 is 1.29 bits per heavy atom. The Hall–Kier alpha value is -2.14. The monoisotopic (exact) mass is 285 g/mol. The predicted octanol–water partition coefficient (Wildman–Crippen LogP) is 2.44. The van der Waals surface area contributed by atoms with Crippen molar-refractivity contribution in [1.29, 1.82) is 0 Å². The lowest BCUT2D eigenvalue weighted by molar-refractivity contribution is 0.258. The van der Waals surface area contributed by atoms with Crippen LogP contribution in [0.2, 0.25) is 0 Å². The lowest BCUT2D eigenvalue weighted by Gasteiger charge is -2.27. The Morgan fingerprint density at radius 2 is 2.14 bits per heavy atom. The molecule has 2 atom stereocenters. The van der Waals surface area contributed by atoms with Crippen molar-refractivity contribution in [3.8, 4) is 11.6 Å². The van der Waals surface area contributed by atoms with E-state index in [1.54, 1.807) is 13.2 Å². The normalized spacial score (nSPS) is 18.5. The van der Waals surface area contributed by atoms with Crippen LogP contribution in [0.3, 0.4) is 0 Å². The molecule has 2 aromatic rings. The van der Waals surface area contributed by atoms with Crippen LogP contribution in [-0.2, 0) is 0 Å². The summed E-state index contributed by atoms with van der Waals surface area (Å²) >= 11 is 0. The zero-order chi connectivity index (χ0) is 14.7. The summed E-state index contributed by atoms with van der Waals surface area (Å²) in [6.45, 7) is 0.739. The van der Waals surface area contributed by atoms with Crippen molar-refractivity contribution in [2.45, 2.75) is 24.8 Å². The molecule has 5 nitrogen and oxygen atoms in total. The first-order chi connectivity index (χ1) is 10.3. The maximum absolute atomic E-state index is 6.29. The Kier molecular flexibility index (Phi) is 4.01. The van der Waals surface area contributed by atoms with Crippen molar-refractivity contribution in [3.05, 3.63) is 47.7 Å². The Bertz CT molecular complexity index is 601. The second kappa shape index (κ2) is 6.10. The number of nitrogens with zero attached hydrogens (tertiary/aromatic N) is 2. The zero-order valence-electron chi connectivity index (χ0n) is 12.0. The molecule has 0 fully saturated rings. The Balaban J connectivity index is 1.74. The number of benzene rings is 1. The van der Waals surface area contributed by atoms with E-state index in [0.717, 1.165) is 30.9 Å². The van der Waals surface area contributed by atoms with Gasteiger partial charge >= 0.3 is 0 Å². The fourth-order valence-electron chi connectivity index (χ4n) is 2.72. The molecule has 1 aliphatic rings. The number of aromatic nitrogens is 2. The summed E-state index contributed by atoms with van der Waals surface area (Å²) in [6.07, 6.45) is 1.82. The van der Waals surface area contributed by atoms with Gasteiger partial charge in [-0.2, -0.15) is 5.10 Å². The zero-order valence-corrected chi connectivity index (χ0v) is 12.0. The lowest BCUT2D eigenvalue weighted by atomic mass is 9.87. The number of methoxy groups -OCH3 is 1. The van der Waals surface area contributed by atoms with Gasteiger partial charge in [0.05, 0.1) is 19.4 Å². The van der Waals surface area contributed by atoms with E-state index in [2.05, 4.69) is 16.3 Å². The van der Waals surface area contributed by atoms with Crippen LogP contribution >= 0.6 is 0 Å². The van der Waals surface area contributed by atoms with Crippen LogP contribution in [0.25, 0.3) is 0 Å². The van der Waals surface area contributed by atoms with E-state index in [-0.39, 0.29) is 6.04 Å². The van der Waals surface area contributed by atoms with Crippen LogP contribution in [0.15, 0.2) is 36.4 Å². The largest absolute Gasteiger partial charge is 0.493 e. The van der Waals surface area contributed by atoms with Crippen molar-refractivity contribution in [1.82, 2.24) is 10.2 Å². The molecule has 0 aliphatic carbocycles. The van der Waals surface area contributed by atoms with Gasteiger partial charge in [-0.3, -0.25) is 0 Å². The predicted molar refractivity (Wildman–Crippen MR) is 79.4 cm³/mol. The summed E-state index contributed by atoms with van der Waals surface area (Å²) in [6, 6.07) is 11.7. The molecular weight excluding hydrogens is 266 g/mol. The second-order valence-corrected chi connectivity index (χ2v) is 5.21. The SMILES string of the molecule is COc1ccc(C(N)CC2CCOc3ccccc32)nn1. The first kappa shape index (κ1) is 13.8. The third-order valence-electron chi connectivity index (χ3n) is 3.87. The van der Waals surface area contributed by atoms with Gasteiger partial charge in [0.1, 0.15) is 5.75 Å². The molecule has 110 valence electrons. The van der Waals surface area contributed by atoms with Crippen LogP contribution in [0.5, 0.6) is 11.6 Å². The Morgan fingerprint density at radius 3 is 2.90 bits per heavy atom. The highest BCUT2D eigenvalue weighted by Gasteiger charge is 2.24. The molecule has 0 radical (unpaired) electrons. The molecule has 0 saturated heterocycles. The first-order valence-electron chi connectivity index (χ1n) is 7.13. The molecule has 2 N–H and O–H groups in total. The van der Waals surface area contributed by atoms with E-state index < -0.39 is 0 Å². The van der Waals surface area contributed by atoms with E-state index in [0.29, 0.717) is 11.8 Å². The Labute approximate surface area is 124 Å². The fourth-order valence-corrected chi connectivity index (χ4v) is 2.72. The van der Waals surface area contributed by atoms with Crippen LogP contribution in [0.1, 0.15) is 36.1 Å². The fraction of sp³-hybridized carbons (Fsp3) is 0.375. The van der Waals surface area contributed by atoms with E-state index in [1.807, 2.05) is 24.3 Å². The van der Waals surface area contributed by atoms with E-state index >= 15 is 0 Å². The third-order valence-corrected chi connectivity index (χ3v) is 3.87. The molecule has 0 saturated carbocycles. The minimum atomic E-state index is -0.139. The second-order valence-electron chi connectivity index (χ2n) is 5.21. The molecule has 2 heterocycles. The van der Waals surface area contributed by atoms with Gasteiger partial charge in [-0.25, -0.2) is 0 Å². The summed E-state index contributed by atoms with van der Waals surface area (Å²) in [5.74, 6) is 1.87. The number of fused-ring (bicyclic) bond motifs is 1. The number of rotatable bonds is 4. The molecule has 3 rings (SSSR count). The van der Waals surface area contributed by atoms with Gasteiger partial charge in [0, 0.05) is 12.1 Å². The van der Waals surface area contributed by atoms with E-state index in [4.69, 9.17) is 15.2 Å². The topological polar surface area (TPSA) is 70.3 Å². The maximum Gasteiger partial charge on any atom is 0.233 e. The molecule has 0 bridgehead atoms. The quantitative estimate of drug-likeness (QED) is 0.934. The van der Waals surface area contributed by atoms with Crippen molar-refractivity contribution < 1.29 is 9.47 Å². The number of para-hydroxylation sites is 1. The molecule has 21 heavy (non-hydrogen) atoms. The minimum absolute atomic E-state index is 0.139. The summed E-state index contributed by atoms with van der Waals surface area (Å²) in [7, 11) is 1.57. The smallest absolute Gasteiger partial charge is 0.233 e. The van der Waals surface area contributed by atoms with Gasteiger partial charge in [0.25, 0.3) is 0 Å².